The van der Waals surface area contributed by atoms with E-state index < -0.39 is 0 Å². The van der Waals surface area contributed by atoms with Gasteiger partial charge >= 0.3 is 0 Å². The van der Waals surface area contributed by atoms with Crippen molar-refractivity contribution in [3.05, 3.63) is 44.9 Å². The third kappa shape index (κ3) is 5.29. The van der Waals surface area contributed by atoms with Gasteiger partial charge in [0.25, 0.3) is 0 Å². The standard InChI is InChI=1S/C16H21ClN2S2/c1-3-8-18-10-15-14(4-2)19-16(21-15)11-20-13-7-5-6-12(17)9-13/h5-7,9,18H,3-4,8,10-11H2,1-2H3. The monoisotopic (exact) mass is 340 g/mol. The van der Waals surface area contributed by atoms with E-state index in [-0.39, 0.29) is 0 Å². The maximum Gasteiger partial charge on any atom is 0.103 e. The summed E-state index contributed by atoms with van der Waals surface area (Å²) in [7, 11) is 0. The number of thiazole rings is 1. The van der Waals surface area contributed by atoms with E-state index >= 15 is 0 Å². The van der Waals surface area contributed by atoms with Crippen LogP contribution in [-0.2, 0) is 18.7 Å². The third-order valence-corrected chi connectivity index (χ3v) is 5.55. The van der Waals surface area contributed by atoms with Gasteiger partial charge in [0.2, 0.25) is 0 Å². The molecule has 0 aliphatic heterocycles. The summed E-state index contributed by atoms with van der Waals surface area (Å²) < 4.78 is 0. The average Bonchev–Trinajstić information content (AvgIpc) is 2.88. The van der Waals surface area contributed by atoms with Crippen molar-refractivity contribution >= 4 is 34.7 Å². The predicted octanol–water partition coefficient (Wildman–Crippen LogP) is 5.15. The molecule has 2 rings (SSSR count). The fourth-order valence-electron chi connectivity index (χ4n) is 1.99. The Balaban J connectivity index is 1.96. The number of halogens is 1. The highest BCUT2D eigenvalue weighted by Crippen LogP contribution is 2.28. The van der Waals surface area contributed by atoms with Crippen LogP contribution >= 0.6 is 34.7 Å². The molecule has 2 aromatic rings. The van der Waals surface area contributed by atoms with Crippen molar-refractivity contribution in [2.75, 3.05) is 6.54 Å². The molecule has 1 N–H and O–H groups in total. The average molecular weight is 341 g/mol. The van der Waals surface area contributed by atoms with E-state index in [2.05, 4.69) is 25.2 Å². The van der Waals surface area contributed by atoms with Crippen molar-refractivity contribution in [2.45, 2.75) is 43.9 Å². The zero-order valence-electron chi connectivity index (χ0n) is 12.5. The van der Waals surface area contributed by atoms with Crippen LogP contribution in [-0.4, -0.2) is 11.5 Å². The van der Waals surface area contributed by atoms with Gasteiger partial charge in [-0.15, -0.1) is 23.1 Å². The van der Waals surface area contributed by atoms with E-state index in [0.717, 1.165) is 36.7 Å². The van der Waals surface area contributed by atoms with Crippen LogP contribution in [0.25, 0.3) is 0 Å². The van der Waals surface area contributed by atoms with E-state index in [0.29, 0.717) is 0 Å². The van der Waals surface area contributed by atoms with Gasteiger partial charge in [-0.2, -0.15) is 0 Å². The molecule has 21 heavy (non-hydrogen) atoms. The molecule has 0 amide bonds. The third-order valence-electron chi connectivity index (χ3n) is 3.03. The van der Waals surface area contributed by atoms with E-state index in [1.807, 2.05) is 29.5 Å². The molecular formula is C16H21ClN2S2. The van der Waals surface area contributed by atoms with Gasteiger partial charge in [-0.3, -0.25) is 0 Å². The zero-order valence-corrected chi connectivity index (χ0v) is 14.9. The van der Waals surface area contributed by atoms with Crippen LogP contribution in [0.15, 0.2) is 29.2 Å². The Morgan fingerprint density at radius 1 is 1.33 bits per heavy atom. The highest BCUT2D eigenvalue weighted by molar-refractivity contribution is 7.98. The Morgan fingerprint density at radius 2 is 2.19 bits per heavy atom. The van der Waals surface area contributed by atoms with Crippen LogP contribution in [0.3, 0.4) is 0 Å². The number of thioether (sulfide) groups is 1. The molecule has 0 atom stereocenters. The number of hydrogen-bond donors (Lipinski definition) is 1. The van der Waals surface area contributed by atoms with E-state index in [9.17, 15) is 0 Å². The van der Waals surface area contributed by atoms with Gasteiger partial charge in [0.05, 0.1) is 11.4 Å². The minimum Gasteiger partial charge on any atom is -0.312 e. The van der Waals surface area contributed by atoms with Crippen molar-refractivity contribution in [1.82, 2.24) is 10.3 Å². The van der Waals surface area contributed by atoms with Crippen molar-refractivity contribution < 1.29 is 0 Å². The first-order valence-corrected chi connectivity index (χ1v) is 9.47. The summed E-state index contributed by atoms with van der Waals surface area (Å²) in [5.41, 5.74) is 1.24. The molecule has 0 aliphatic carbocycles. The van der Waals surface area contributed by atoms with Gasteiger partial charge in [0, 0.05) is 21.3 Å². The second-order valence-electron chi connectivity index (χ2n) is 4.75. The topological polar surface area (TPSA) is 24.9 Å². The lowest BCUT2D eigenvalue weighted by Gasteiger charge is -2.01. The van der Waals surface area contributed by atoms with Gasteiger partial charge < -0.3 is 5.32 Å². The molecule has 0 unspecified atom stereocenters. The summed E-state index contributed by atoms with van der Waals surface area (Å²) in [6, 6.07) is 7.99. The van der Waals surface area contributed by atoms with Crippen LogP contribution < -0.4 is 5.32 Å². The van der Waals surface area contributed by atoms with E-state index in [1.54, 1.807) is 11.8 Å². The van der Waals surface area contributed by atoms with Crippen LogP contribution in [0.2, 0.25) is 5.02 Å². The van der Waals surface area contributed by atoms with E-state index in [4.69, 9.17) is 16.6 Å². The lowest BCUT2D eigenvalue weighted by Crippen LogP contribution is -2.13. The molecule has 1 heterocycles. The second kappa shape index (κ2) is 8.79. The van der Waals surface area contributed by atoms with Crippen LogP contribution in [0, 0.1) is 0 Å². The molecule has 0 saturated carbocycles. The molecule has 5 heteroatoms. The Bertz CT molecular complexity index is 569. The second-order valence-corrected chi connectivity index (χ2v) is 7.41. The Morgan fingerprint density at radius 3 is 2.90 bits per heavy atom. The lowest BCUT2D eigenvalue weighted by atomic mass is 10.3. The number of aromatic nitrogens is 1. The number of benzene rings is 1. The van der Waals surface area contributed by atoms with Crippen LogP contribution in [0.4, 0.5) is 0 Å². The number of nitrogens with one attached hydrogen (secondary N) is 1. The number of rotatable bonds is 8. The minimum absolute atomic E-state index is 0.790. The Hall–Kier alpha value is -0.550. The first kappa shape index (κ1) is 16.8. The number of hydrogen-bond acceptors (Lipinski definition) is 4. The van der Waals surface area contributed by atoms with Crippen molar-refractivity contribution in [3.63, 3.8) is 0 Å². The molecule has 0 fully saturated rings. The summed E-state index contributed by atoms with van der Waals surface area (Å²) in [5.74, 6) is 0.909. The zero-order chi connectivity index (χ0) is 15.1. The number of nitrogens with zero attached hydrogens (tertiary/aromatic N) is 1. The smallest absolute Gasteiger partial charge is 0.103 e. The fraction of sp³-hybridized carbons (Fsp3) is 0.438. The van der Waals surface area contributed by atoms with E-state index in [1.165, 1.54) is 20.5 Å². The van der Waals surface area contributed by atoms with Gasteiger partial charge in [0.1, 0.15) is 5.01 Å². The molecule has 0 spiro atoms. The first-order chi connectivity index (χ1) is 10.2. The maximum absolute atomic E-state index is 6.01. The van der Waals surface area contributed by atoms with Gasteiger partial charge in [-0.05, 0) is 37.6 Å². The summed E-state index contributed by atoms with van der Waals surface area (Å²) in [4.78, 5) is 7.35. The highest BCUT2D eigenvalue weighted by atomic mass is 35.5. The fourth-order valence-corrected chi connectivity index (χ4v) is 4.32. The summed E-state index contributed by atoms with van der Waals surface area (Å²) in [6.07, 6.45) is 2.17. The van der Waals surface area contributed by atoms with Gasteiger partial charge in [-0.25, -0.2) is 4.98 Å². The molecular weight excluding hydrogens is 320 g/mol. The molecule has 0 aliphatic rings. The lowest BCUT2D eigenvalue weighted by molar-refractivity contribution is 0.676. The molecule has 1 aromatic heterocycles. The summed E-state index contributed by atoms with van der Waals surface area (Å²) >= 11 is 9.64. The van der Waals surface area contributed by atoms with Crippen molar-refractivity contribution in [3.8, 4) is 0 Å². The molecule has 0 bridgehead atoms. The SMILES string of the molecule is CCCNCc1sc(CSc2cccc(Cl)c2)nc1CC. The quantitative estimate of drug-likeness (QED) is 0.531. The normalized spacial score (nSPS) is 11.0. The molecule has 114 valence electrons. The molecule has 0 saturated heterocycles. The van der Waals surface area contributed by atoms with Crippen LogP contribution in [0.1, 0.15) is 35.8 Å². The molecule has 1 aromatic carbocycles. The minimum atomic E-state index is 0.790. The van der Waals surface area contributed by atoms with Crippen LogP contribution in [0.5, 0.6) is 0 Å². The van der Waals surface area contributed by atoms with Gasteiger partial charge in [0.15, 0.2) is 0 Å². The highest BCUT2D eigenvalue weighted by Gasteiger charge is 2.09. The molecule has 0 radical (unpaired) electrons. The largest absolute Gasteiger partial charge is 0.312 e. The van der Waals surface area contributed by atoms with Crippen molar-refractivity contribution in [1.29, 1.82) is 0 Å². The number of aryl methyl sites for hydroxylation is 1. The summed E-state index contributed by atoms with van der Waals surface area (Å²) in [5, 5.41) is 5.46. The Labute approximate surface area is 140 Å². The first-order valence-electron chi connectivity index (χ1n) is 7.29. The van der Waals surface area contributed by atoms with Crippen molar-refractivity contribution in [2.24, 2.45) is 0 Å². The predicted molar refractivity (Wildman–Crippen MR) is 94.5 cm³/mol. The Kier molecular flexibility index (Phi) is 7.04. The maximum atomic E-state index is 6.01. The van der Waals surface area contributed by atoms with Gasteiger partial charge in [-0.1, -0.05) is 31.5 Å². The molecule has 2 nitrogen and oxygen atoms in total. The summed E-state index contributed by atoms with van der Waals surface area (Å²) in [6.45, 7) is 6.36.